The molecule has 6 heteroatoms. The number of aliphatic hydroxyl groups is 1. The fourth-order valence-electron chi connectivity index (χ4n) is 1.68. The zero-order valence-electron chi connectivity index (χ0n) is 11.1. The van der Waals surface area contributed by atoms with Gasteiger partial charge in [-0.3, -0.25) is 9.98 Å². The predicted octanol–water partition coefficient (Wildman–Crippen LogP) is 0.855. The number of pyridine rings is 1. The number of aliphatic imine (C=N–C) groups is 1. The van der Waals surface area contributed by atoms with Gasteiger partial charge in [0.05, 0.1) is 12.8 Å². The van der Waals surface area contributed by atoms with E-state index in [9.17, 15) is 5.11 Å². The van der Waals surface area contributed by atoms with Crippen LogP contribution in [0.15, 0.2) is 52.2 Å². The number of hydrogen-bond donors (Lipinski definition) is 3. The van der Waals surface area contributed by atoms with Crippen molar-refractivity contribution in [3.05, 3.63) is 54.2 Å². The Labute approximate surface area is 117 Å². The zero-order chi connectivity index (χ0) is 14.2. The summed E-state index contributed by atoms with van der Waals surface area (Å²) < 4.78 is 5.08. The highest BCUT2D eigenvalue weighted by Gasteiger charge is 2.09. The first-order chi connectivity index (χ1) is 9.75. The SMILES string of the molecule is NC(=NCC(O)c1ccco1)NCCc1ccccn1. The van der Waals surface area contributed by atoms with Crippen molar-refractivity contribution in [1.82, 2.24) is 10.3 Å². The molecule has 0 saturated carbocycles. The molecule has 0 saturated heterocycles. The second kappa shape index (κ2) is 7.30. The third-order valence-corrected chi connectivity index (χ3v) is 2.72. The highest BCUT2D eigenvalue weighted by Crippen LogP contribution is 2.12. The smallest absolute Gasteiger partial charge is 0.188 e. The highest BCUT2D eigenvalue weighted by molar-refractivity contribution is 5.77. The third-order valence-electron chi connectivity index (χ3n) is 2.72. The van der Waals surface area contributed by atoms with Gasteiger partial charge in [-0.2, -0.15) is 0 Å². The lowest BCUT2D eigenvalue weighted by molar-refractivity contribution is 0.158. The number of aliphatic hydroxyl groups excluding tert-OH is 1. The molecule has 0 aromatic carbocycles. The van der Waals surface area contributed by atoms with Crippen molar-refractivity contribution in [2.45, 2.75) is 12.5 Å². The first kappa shape index (κ1) is 14.1. The lowest BCUT2D eigenvalue weighted by atomic mass is 10.3. The normalized spacial score (nSPS) is 13.2. The van der Waals surface area contributed by atoms with E-state index in [2.05, 4.69) is 15.3 Å². The lowest BCUT2D eigenvalue weighted by Gasteiger charge is -2.07. The van der Waals surface area contributed by atoms with Gasteiger partial charge in [-0.05, 0) is 24.3 Å². The summed E-state index contributed by atoms with van der Waals surface area (Å²) in [6, 6.07) is 9.19. The van der Waals surface area contributed by atoms with E-state index in [1.807, 2.05) is 18.2 Å². The van der Waals surface area contributed by atoms with Gasteiger partial charge >= 0.3 is 0 Å². The minimum Gasteiger partial charge on any atom is -0.467 e. The molecule has 6 nitrogen and oxygen atoms in total. The molecule has 0 bridgehead atoms. The molecule has 4 N–H and O–H groups in total. The van der Waals surface area contributed by atoms with Gasteiger partial charge in [-0.25, -0.2) is 0 Å². The fourth-order valence-corrected chi connectivity index (χ4v) is 1.68. The van der Waals surface area contributed by atoms with Crippen LogP contribution in [0.5, 0.6) is 0 Å². The number of furan rings is 1. The fraction of sp³-hybridized carbons (Fsp3) is 0.286. The van der Waals surface area contributed by atoms with Crippen LogP contribution in [-0.4, -0.2) is 29.1 Å². The molecule has 2 heterocycles. The van der Waals surface area contributed by atoms with E-state index in [4.69, 9.17) is 10.2 Å². The number of nitrogens with one attached hydrogen (secondary N) is 1. The Bertz CT molecular complexity index is 525. The Balaban J connectivity index is 1.71. The summed E-state index contributed by atoms with van der Waals surface area (Å²) in [4.78, 5) is 8.27. The van der Waals surface area contributed by atoms with Crippen LogP contribution < -0.4 is 11.1 Å². The van der Waals surface area contributed by atoms with Gasteiger partial charge < -0.3 is 20.6 Å². The Morgan fingerprint density at radius 3 is 3.00 bits per heavy atom. The van der Waals surface area contributed by atoms with Crippen molar-refractivity contribution in [1.29, 1.82) is 0 Å². The summed E-state index contributed by atoms with van der Waals surface area (Å²) in [5.41, 5.74) is 6.71. The maximum atomic E-state index is 9.77. The maximum absolute atomic E-state index is 9.77. The predicted molar refractivity (Wildman–Crippen MR) is 76.1 cm³/mol. The maximum Gasteiger partial charge on any atom is 0.188 e. The molecule has 1 atom stereocenters. The van der Waals surface area contributed by atoms with Crippen molar-refractivity contribution in [3.63, 3.8) is 0 Å². The minimum absolute atomic E-state index is 0.163. The molecule has 0 aliphatic heterocycles. The first-order valence-electron chi connectivity index (χ1n) is 6.41. The summed E-state index contributed by atoms with van der Waals surface area (Å²) in [7, 11) is 0. The molecular weight excluding hydrogens is 256 g/mol. The van der Waals surface area contributed by atoms with Crippen LogP contribution in [0.4, 0.5) is 0 Å². The second-order valence-electron chi connectivity index (χ2n) is 4.25. The minimum atomic E-state index is -0.777. The number of guanidine groups is 1. The van der Waals surface area contributed by atoms with Crippen molar-refractivity contribution in [3.8, 4) is 0 Å². The van der Waals surface area contributed by atoms with E-state index in [1.165, 1.54) is 6.26 Å². The van der Waals surface area contributed by atoms with Crippen LogP contribution in [0.25, 0.3) is 0 Å². The standard InChI is InChI=1S/C14H18N4O2/c15-14(17-8-6-11-4-1-2-7-16-11)18-10-12(19)13-5-3-9-20-13/h1-5,7,9,12,19H,6,8,10H2,(H3,15,17,18). The molecule has 20 heavy (non-hydrogen) atoms. The van der Waals surface area contributed by atoms with E-state index < -0.39 is 6.10 Å². The van der Waals surface area contributed by atoms with Crippen LogP contribution in [0, 0.1) is 0 Å². The third kappa shape index (κ3) is 4.40. The molecular formula is C14H18N4O2. The molecule has 2 rings (SSSR count). The van der Waals surface area contributed by atoms with Gasteiger partial charge in [0.25, 0.3) is 0 Å². The monoisotopic (exact) mass is 274 g/mol. The summed E-state index contributed by atoms with van der Waals surface area (Å²) in [6.45, 7) is 0.805. The van der Waals surface area contributed by atoms with Crippen molar-refractivity contribution in [2.24, 2.45) is 10.7 Å². The van der Waals surface area contributed by atoms with Crippen LogP contribution in [-0.2, 0) is 6.42 Å². The Morgan fingerprint density at radius 1 is 1.40 bits per heavy atom. The van der Waals surface area contributed by atoms with Crippen LogP contribution in [0.3, 0.4) is 0 Å². The molecule has 0 spiro atoms. The molecule has 2 aromatic heterocycles. The lowest BCUT2D eigenvalue weighted by Crippen LogP contribution is -2.33. The topological polar surface area (TPSA) is 96.7 Å². The molecule has 0 amide bonds. The Morgan fingerprint density at radius 2 is 2.30 bits per heavy atom. The molecule has 0 fully saturated rings. The second-order valence-corrected chi connectivity index (χ2v) is 4.25. The van der Waals surface area contributed by atoms with Gasteiger partial charge in [-0.1, -0.05) is 6.07 Å². The molecule has 0 aliphatic rings. The van der Waals surface area contributed by atoms with Gasteiger partial charge in [0, 0.05) is 24.9 Å². The number of nitrogens with two attached hydrogens (primary N) is 1. The number of hydrogen-bond acceptors (Lipinski definition) is 4. The Hall–Kier alpha value is -2.34. The molecule has 1 unspecified atom stereocenters. The summed E-state index contributed by atoms with van der Waals surface area (Å²) in [5, 5.41) is 12.7. The van der Waals surface area contributed by atoms with Crippen LogP contribution in [0.1, 0.15) is 17.6 Å². The van der Waals surface area contributed by atoms with Gasteiger partial charge in [0.1, 0.15) is 11.9 Å². The van der Waals surface area contributed by atoms with Crippen molar-refractivity contribution < 1.29 is 9.52 Å². The quantitative estimate of drug-likeness (QED) is 0.536. The van der Waals surface area contributed by atoms with Crippen molar-refractivity contribution >= 4 is 5.96 Å². The molecule has 2 aromatic rings. The summed E-state index contributed by atoms with van der Waals surface area (Å²) in [5.74, 6) is 0.779. The van der Waals surface area contributed by atoms with E-state index in [1.54, 1.807) is 18.3 Å². The number of rotatable bonds is 6. The Kier molecular flexibility index (Phi) is 5.14. The molecule has 0 aliphatic carbocycles. The van der Waals surface area contributed by atoms with Crippen LogP contribution in [0.2, 0.25) is 0 Å². The molecule has 0 radical (unpaired) electrons. The molecule has 106 valence electrons. The first-order valence-corrected chi connectivity index (χ1v) is 6.41. The highest BCUT2D eigenvalue weighted by atomic mass is 16.4. The van der Waals surface area contributed by atoms with E-state index in [0.717, 1.165) is 12.1 Å². The average molecular weight is 274 g/mol. The number of aromatic nitrogens is 1. The van der Waals surface area contributed by atoms with Crippen LogP contribution >= 0.6 is 0 Å². The average Bonchev–Trinajstić information content (AvgIpc) is 3.00. The zero-order valence-corrected chi connectivity index (χ0v) is 11.1. The van der Waals surface area contributed by atoms with E-state index in [-0.39, 0.29) is 6.54 Å². The number of nitrogens with zero attached hydrogens (tertiary/aromatic N) is 2. The summed E-state index contributed by atoms with van der Waals surface area (Å²) in [6.07, 6.45) is 3.25. The van der Waals surface area contributed by atoms with Gasteiger partial charge in [0.2, 0.25) is 0 Å². The summed E-state index contributed by atoms with van der Waals surface area (Å²) >= 11 is 0. The van der Waals surface area contributed by atoms with E-state index in [0.29, 0.717) is 18.3 Å². The van der Waals surface area contributed by atoms with E-state index >= 15 is 0 Å². The van der Waals surface area contributed by atoms with Gasteiger partial charge in [-0.15, -0.1) is 0 Å². The van der Waals surface area contributed by atoms with Gasteiger partial charge in [0.15, 0.2) is 5.96 Å². The van der Waals surface area contributed by atoms with Crippen molar-refractivity contribution in [2.75, 3.05) is 13.1 Å². The largest absolute Gasteiger partial charge is 0.467 e.